The Kier molecular flexibility index (Phi) is 4.57. The molecular weight excluding hydrogens is 258 g/mol. The molecule has 1 atom stereocenters. The van der Waals surface area contributed by atoms with E-state index >= 15 is 0 Å². The minimum Gasteiger partial charge on any atom is -0.389 e. The van der Waals surface area contributed by atoms with Crippen molar-refractivity contribution in [2.24, 2.45) is 0 Å². The molecule has 20 heavy (non-hydrogen) atoms. The lowest BCUT2D eigenvalue weighted by Crippen LogP contribution is -2.46. The van der Waals surface area contributed by atoms with Gasteiger partial charge in [0.1, 0.15) is 5.69 Å². The van der Waals surface area contributed by atoms with Crippen LogP contribution >= 0.6 is 0 Å². The number of aliphatic hydroxyl groups excluding tert-OH is 1. The minimum absolute atomic E-state index is 0.0772. The summed E-state index contributed by atoms with van der Waals surface area (Å²) in [5.41, 5.74) is 1.30. The molecule has 0 aliphatic carbocycles. The number of rotatable bonds is 4. The summed E-state index contributed by atoms with van der Waals surface area (Å²) in [7, 11) is 0. The molecule has 1 fully saturated rings. The van der Waals surface area contributed by atoms with Gasteiger partial charge in [0.2, 0.25) is 0 Å². The lowest BCUT2D eigenvalue weighted by atomic mass is 10.1. The normalized spacial score (nSPS) is 18.1. The van der Waals surface area contributed by atoms with Gasteiger partial charge in [-0.3, -0.25) is 10.1 Å². The maximum atomic E-state index is 11.2. The van der Waals surface area contributed by atoms with Crippen LogP contribution in [0.5, 0.6) is 0 Å². The summed E-state index contributed by atoms with van der Waals surface area (Å²) in [6, 6.07) is 4.99. The quantitative estimate of drug-likeness (QED) is 0.672. The molecule has 1 saturated heterocycles. The maximum Gasteiger partial charge on any atom is 0.292 e. The highest BCUT2D eigenvalue weighted by atomic mass is 16.6. The van der Waals surface area contributed by atoms with Crippen LogP contribution in [-0.2, 0) is 0 Å². The molecule has 1 aromatic rings. The third kappa shape index (κ3) is 3.08. The van der Waals surface area contributed by atoms with E-state index in [-0.39, 0.29) is 10.6 Å². The Morgan fingerprint density at radius 1 is 1.35 bits per heavy atom. The Bertz CT molecular complexity index is 483. The second-order valence-electron chi connectivity index (χ2n) is 5.10. The van der Waals surface area contributed by atoms with E-state index in [0.29, 0.717) is 11.3 Å². The van der Waals surface area contributed by atoms with Crippen molar-refractivity contribution in [3.63, 3.8) is 0 Å². The minimum atomic E-state index is -0.695. The molecule has 1 aliphatic heterocycles. The van der Waals surface area contributed by atoms with Crippen molar-refractivity contribution in [1.29, 1.82) is 0 Å². The largest absolute Gasteiger partial charge is 0.389 e. The number of aliphatic hydroxyl groups is 1. The smallest absolute Gasteiger partial charge is 0.292 e. The molecule has 6 nitrogen and oxygen atoms in total. The van der Waals surface area contributed by atoms with Crippen molar-refractivity contribution < 1.29 is 10.0 Å². The Hall–Kier alpha value is -1.66. The summed E-state index contributed by atoms with van der Waals surface area (Å²) in [6.45, 7) is 8.17. The second kappa shape index (κ2) is 6.19. The van der Waals surface area contributed by atoms with Crippen molar-refractivity contribution in [2.75, 3.05) is 37.6 Å². The lowest BCUT2D eigenvalue weighted by molar-refractivity contribution is -0.384. The Morgan fingerprint density at radius 3 is 2.50 bits per heavy atom. The van der Waals surface area contributed by atoms with Gasteiger partial charge in [0.15, 0.2) is 0 Å². The van der Waals surface area contributed by atoms with Crippen LogP contribution in [0.25, 0.3) is 0 Å². The van der Waals surface area contributed by atoms with Crippen molar-refractivity contribution in [2.45, 2.75) is 20.0 Å². The third-order valence-electron chi connectivity index (χ3n) is 3.84. The predicted octanol–water partition coefficient (Wildman–Crippen LogP) is 1.79. The number of nitrogens with zero attached hydrogens (tertiary/aromatic N) is 3. The zero-order valence-electron chi connectivity index (χ0n) is 12.0. The predicted molar refractivity (Wildman–Crippen MR) is 78.1 cm³/mol. The number of piperazine rings is 1. The van der Waals surface area contributed by atoms with Crippen LogP contribution in [0.1, 0.15) is 25.5 Å². The van der Waals surface area contributed by atoms with Gasteiger partial charge in [-0.1, -0.05) is 13.0 Å². The van der Waals surface area contributed by atoms with Crippen LogP contribution in [0.15, 0.2) is 18.2 Å². The molecule has 0 radical (unpaired) electrons. The van der Waals surface area contributed by atoms with Gasteiger partial charge in [-0.15, -0.1) is 0 Å². The van der Waals surface area contributed by atoms with Crippen molar-refractivity contribution in [1.82, 2.24) is 4.90 Å². The standard InChI is InChI=1S/C14H21N3O3/c1-3-15-6-8-16(9-7-15)13-5-4-12(11(2)18)10-14(13)17(19)20/h4-5,10-11,18H,3,6-9H2,1-2H3/t11-/m1/s1. The molecule has 2 rings (SSSR count). The molecule has 0 aromatic heterocycles. The topological polar surface area (TPSA) is 69.8 Å². The summed E-state index contributed by atoms with van der Waals surface area (Å²) in [5.74, 6) is 0. The first-order valence-corrected chi connectivity index (χ1v) is 6.96. The van der Waals surface area contributed by atoms with E-state index in [0.717, 1.165) is 32.7 Å². The fraction of sp³-hybridized carbons (Fsp3) is 0.571. The first kappa shape index (κ1) is 14.7. The van der Waals surface area contributed by atoms with Crippen LogP contribution < -0.4 is 4.90 Å². The fourth-order valence-corrected chi connectivity index (χ4v) is 2.52. The molecule has 0 saturated carbocycles. The molecule has 6 heteroatoms. The average molecular weight is 279 g/mol. The molecule has 0 bridgehead atoms. The highest BCUT2D eigenvalue weighted by Gasteiger charge is 2.24. The maximum absolute atomic E-state index is 11.2. The van der Waals surface area contributed by atoms with E-state index in [2.05, 4.69) is 16.7 Å². The summed E-state index contributed by atoms with van der Waals surface area (Å²) in [6.07, 6.45) is -0.695. The van der Waals surface area contributed by atoms with E-state index in [9.17, 15) is 15.2 Å². The van der Waals surface area contributed by atoms with Crippen LogP contribution in [0.4, 0.5) is 11.4 Å². The number of nitro groups is 1. The van der Waals surface area contributed by atoms with Gasteiger partial charge < -0.3 is 14.9 Å². The number of nitro benzene ring substituents is 1. The van der Waals surface area contributed by atoms with Crippen LogP contribution in [0.2, 0.25) is 0 Å². The molecule has 1 N–H and O–H groups in total. The molecule has 0 amide bonds. The summed E-state index contributed by atoms with van der Waals surface area (Å²) in [5, 5.41) is 20.8. The van der Waals surface area contributed by atoms with Gasteiger partial charge in [0, 0.05) is 32.2 Å². The molecule has 1 aliphatic rings. The van der Waals surface area contributed by atoms with Crippen LogP contribution in [0, 0.1) is 10.1 Å². The van der Waals surface area contributed by atoms with Gasteiger partial charge in [0.05, 0.1) is 11.0 Å². The summed E-state index contributed by atoms with van der Waals surface area (Å²) >= 11 is 0. The first-order chi connectivity index (χ1) is 9.52. The van der Waals surface area contributed by atoms with E-state index in [4.69, 9.17) is 0 Å². The van der Waals surface area contributed by atoms with Crippen LogP contribution in [0.3, 0.4) is 0 Å². The number of likely N-dealkylation sites (N-methyl/N-ethyl adjacent to an activating group) is 1. The van der Waals surface area contributed by atoms with Gasteiger partial charge in [-0.05, 0) is 25.1 Å². The number of anilines is 1. The molecular formula is C14H21N3O3. The van der Waals surface area contributed by atoms with Gasteiger partial charge in [-0.25, -0.2) is 0 Å². The highest BCUT2D eigenvalue weighted by Crippen LogP contribution is 2.31. The Balaban J connectivity index is 2.25. The summed E-state index contributed by atoms with van der Waals surface area (Å²) < 4.78 is 0. The molecule has 1 heterocycles. The molecule has 110 valence electrons. The van der Waals surface area contributed by atoms with E-state index in [1.165, 1.54) is 6.07 Å². The Labute approximate surface area is 118 Å². The first-order valence-electron chi connectivity index (χ1n) is 6.96. The zero-order chi connectivity index (χ0) is 14.7. The lowest BCUT2D eigenvalue weighted by Gasteiger charge is -2.35. The van der Waals surface area contributed by atoms with Crippen molar-refractivity contribution in [3.05, 3.63) is 33.9 Å². The van der Waals surface area contributed by atoms with Crippen molar-refractivity contribution >= 4 is 11.4 Å². The fourth-order valence-electron chi connectivity index (χ4n) is 2.52. The van der Waals surface area contributed by atoms with E-state index in [1.807, 2.05) is 0 Å². The molecule has 0 spiro atoms. The zero-order valence-corrected chi connectivity index (χ0v) is 12.0. The monoisotopic (exact) mass is 279 g/mol. The van der Waals surface area contributed by atoms with Gasteiger partial charge in [0.25, 0.3) is 5.69 Å². The third-order valence-corrected chi connectivity index (χ3v) is 3.84. The molecule has 0 unspecified atom stereocenters. The number of hydrogen-bond acceptors (Lipinski definition) is 5. The summed E-state index contributed by atoms with van der Waals surface area (Å²) in [4.78, 5) is 15.3. The van der Waals surface area contributed by atoms with E-state index in [1.54, 1.807) is 19.1 Å². The van der Waals surface area contributed by atoms with Crippen LogP contribution in [-0.4, -0.2) is 47.7 Å². The Morgan fingerprint density at radius 2 is 2.00 bits per heavy atom. The number of benzene rings is 1. The van der Waals surface area contributed by atoms with Gasteiger partial charge >= 0.3 is 0 Å². The van der Waals surface area contributed by atoms with E-state index < -0.39 is 6.10 Å². The second-order valence-corrected chi connectivity index (χ2v) is 5.10. The average Bonchev–Trinajstić information content (AvgIpc) is 2.46. The van der Waals surface area contributed by atoms with Gasteiger partial charge in [-0.2, -0.15) is 0 Å². The number of hydrogen-bond donors (Lipinski definition) is 1. The highest BCUT2D eigenvalue weighted by molar-refractivity contribution is 5.64. The van der Waals surface area contributed by atoms with Crippen molar-refractivity contribution in [3.8, 4) is 0 Å². The SMILES string of the molecule is CCN1CCN(c2ccc([C@@H](C)O)cc2[N+](=O)[O-])CC1. The molecule has 1 aromatic carbocycles.